The number of aromatic amines is 1. The molecule has 0 fully saturated rings. The maximum absolute atomic E-state index is 10.8. The van der Waals surface area contributed by atoms with Crippen LogP contribution in [0.2, 0.25) is 0 Å². The molecule has 1 aromatic heterocycles. The van der Waals surface area contributed by atoms with Crippen LogP contribution in [0.25, 0.3) is 10.4 Å². The number of H-pyrrole nitrogens is 1. The van der Waals surface area contributed by atoms with Crippen LogP contribution in [0.5, 0.6) is 0 Å². The van der Waals surface area contributed by atoms with Crippen LogP contribution in [-0.4, -0.2) is 21.6 Å². The van der Waals surface area contributed by atoms with Crippen molar-refractivity contribution in [1.29, 1.82) is 0 Å². The van der Waals surface area contributed by atoms with Gasteiger partial charge in [0.15, 0.2) is 0 Å². The largest absolute Gasteiger partial charge is 0.348 e. The highest BCUT2D eigenvalue weighted by Crippen LogP contribution is 2.13. The zero-order valence-electron chi connectivity index (χ0n) is 8.30. The Morgan fingerprint density at radius 3 is 3.20 bits per heavy atom. The minimum Gasteiger partial charge on any atom is -0.348 e. The molecular weight excluding hydrogens is 214 g/mol. The van der Waals surface area contributed by atoms with Gasteiger partial charge in [-0.3, -0.25) is 4.79 Å². The summed E-state index contributed by atoms with van der Waals surface area (Å²) < 4.78 is 0. The smallest absolute Gasteiger partial charge is 0.219 e. The van der Waals surface area contributed by atoms with Crippen LogP contribution in [0.4, 0.5) is 0 Å². The Balaban J connectivity index is 2.20. The van der Waals surface area contributed by atoms with Crippen LogP contribution in [0.15, 0.2) is 11.4 Å². The molecule has 1 aromatic rings. The standard InChI is InChI=1S/C8H11N5OS/c1-6-7(11-5-10-6)4-15-3-2-8(14)12-13-9/h5H,2-4H2,1H3,(H,10,11). The third-order valence-electron chi connectivity index (χ3n) is 1.79. The van der Waals surface area contributed by atoms with Gasteiger partial charge in [0.2, 0.25) is 5.91 Å². The lowest BCUT2D eigenvalue weighted by atomic mass is 10.4. The molecule has 0 bridgehead atoms. The Morgan fingerprint density at radius 2 is 2.60 bits per heavy atom. The van der Waals surface area contributed by atoms with Crippen LogP contribution in [0, 0.1) is 6.92 Å². The molecule has 1 amide bonds. The molecular formula is C8H11N5OS. The first-order valence-corrected chi connectivity index (χ1v) is 5.54. The number of hydrogen-bond donors (Lipinski definition) is 1. The van der Waals surface area contributed by atoms with E-state index >= 15 is 0 Å². The van der Waals surface area contributed by atoms with E-state index < -0.39 is 5.91 Å². The summed E-state index contributed by atoms with van der Waals surface area (Å²) in [6, 6.07) is 0. The van der Waals surface area contributed by atoms with Crippen molar-refractivity contribution in [2.45, 2.75) is 19.1 Å². The number of aromatic nitrogens is 2. The molecule has 0 spiro atoms. The summed E-state index contributed by atoms with van der Waals surface area (Å²) in [5, 5.41) is 2.98. The number of rotatable bonds is 5. The minimum absolute atomic E-state index is 0.276. The number of hydrogen-bond acceptors (Lipinski definition) is 3. The van der Waals surface area contributed by atoms with Crippen molar-refractivity contribution < 1.29 is 4.79 Å². The van der Waals surface area contributed by atoms with Gasteiger partial charge < -0.3 is 4.98 Å². The molecule has 1 rings (SSSR count). The highest BCUT2D eigenvalue weighted by Gasteiger charge is 2.02. The fraction of sp³-hybridized carbons (Fsp3) is 0.500. The third-order valence-corrected chi connectivity index (χ3v) is 2.76. The summed E-state index contributed by atoms with van der Waals surface area (Å²) in [5.74, 6) is 0.993. The number of azide groups is 1. The molecule has 1 N–H and O–H groups in total. The zero-order valence-corrected chi connectivity index (χ0v) is 9.12. The average Bonchev–Trinajstić information content (AvgIpc) is 2.60. The molecule has 0 aromatic carbocycles. The second kappa shape index (κ2) is 6.10. The van der Waals surface area contributed by atoms with E-state index in [1.807, 2.05) is 6.92 Å². The summed E-state index contributed by atoms with van der Waals surface area (Å²) in [5.41, 5.74) is 10.0. The summed E-state index contributed by atoms with van der Waals surface area (Å²) in [6.45, 7) is 1.95. The molecule has 0 aliphatic rings. The molecule has 0 radical (unpaired) electrons. The van der Waals surface area contributed by atoms with Gasteiger partial charge in [-0.15, -0.1) is 0 Å². The number of imidazole rings is 1. The van der Waals surface area contributed by atoms with Gasteiger partial charge in [0.1, 0.15) is 0 Å². The molecule has 0 saturated heterocycles. The van der Waals surface area contributed by atoms with Crippen molar-refractivity contribution in [3.05, 3.63) is 28.2 Å². The number of amides is 1. The Morgan fingerprint density at radius 1 is 1.80 bits per heavy atom. The van der Waals surface area contributed by atoms with Gasteiger partial charge in [0.25, 0.3) is 0 Å². The van der Waals surface area contributed by atoms with Crippen molar-refractivity contribution >= 4 is 17.7 Å². The van der Waals surface area contributed by atoms with Gasteiger partial charge in [-0.2, -0.15) is 11.8 Å². The maximum atomic E-state index is 10.8. The lowest BCUT2D eigenvalue weighted by Gasteiger charge is -1.97. The third kappa shape index (κ3) is 4.05. The highest BCUT2D eigenvalue weighted by atomic mass is 32.2. The van der Waals surface area contributed by atoms with Crippen LogP contribution in [-0.2, 0) is 10.5 Å². The predicted molar refractivity (Wildman–Crippen MR) is 58.3 cm³/mol. The van der Waals surface area contributed by atoms with Crippen LogP contribution in [0.3, 0.4) is 0 Å². The molecule has 15 heavy (non-hydrogen) atoms. The molecule has 1 heterocycles. The molecule has 0 aliphatic carbocycles. The van der Waals surface area contributed by atoms with E-state index in [-0.39, 0.29) is 6.42 Å². The second-order valence-corrected chi connectivity index (χ2v) is 3.97. The first kappa shape index (κ1) is 11.6. The number of carbonyl (C=O) groups is 1. The first-order valence-electron chi connectivity index (χ1n) is 4.38. The Hall–Kier alpha value is -1.46. The Kier molecular flexibility index (Phi) is 4.73. The highest BCUT2D eigenvalue weighted by molar-refractivity contribution is 7.98. The van der Waals surface area contributed by atoms with Crippen LogP contribution < -0.4 is 0 Å². The van der Waals surface area contributed by atoms with Crippen molar-refractivity contribution in [1.82, 2.24) is 9.97 Å². The van der Waals surface area contributed by atoms with Crippen molar-refractivity contribution in [2.75, 3.05) is 5.75 Å². The topological polar surface area (TPSA) is 94.5 Å². The molecule has 0 unspecified atom stereocenters. The SMILES string of the molecule is Cc1[nH]cnc1CSCCC(=O)N=[N+]=[N-]. The van der Waals surface area contributed by atoms with Gasteiger partial charge in [0, 0.05) is 28.5 Å². The summed E-state index contributed by atoms with van der Waals surface area (Å²) in [4.78, 5) is 20.3. The second-order valence-electron chi connectivity index (χ2n) is 2.86. The van der Waals surface area contributed by atoms with E-state index in [9.17, 15) is 4.79 Å². The van der Waals surface area contributed by atoms with Crippen molar-refractivity contribution in [2.24, 2.45) is 5.11 Å². The molecule has 7 heteroatoms. The fourth-order valence-corrected chi connectivity index (χ4v) is 1.91. The van der Waals surface area contributed by atoms with E-state index in [4.69, 9.17) is 5.53 Å². The predicted octanol–water partition coefficient (Wildman–Crippen LogP) is 2.18. The minimum atomic E-state index is -0.413. The van der Waals surface area contributed by atoms with Crippen LogP contribution in [0.1, 0.15) is 17.8 Å². The summed E-state index contributed by atoms with van der Waals surface area (Å²) in [6.07, 6.45) is 1.93. The van der Waals surface area contributed by atoms with Gasteiger partial charge in [0.05, 0.1) is 12.0 Å². The lowest BCUT2D eigenvalue weighted by molar-refractivity contribution is -0.117. The number of nitrogens with one attached hydrogen (secondary N) is 1. The molecule has 0 saturated carbocycles. The molecule has 6 nitrogen and oxygen atoms in total. The molecule has 0 aliphatic heterocycles. The lowest BCUT2D eigenvalue weighted by Crippen LogP contribution is -1.94. The zero-order chi connectivity index (χ0) is 11.1. The van der Waals surface area contributed by atoms with E-state index in [1.54, 1.807) is 18.1 Å². The summed E-state index contributed by atoms with van der Waals surface area (Å²) >= 11 is 1.59. The summed E-state index contributed by atoms with van der Waals surface area (Å²) in [7, 11) is 0. The molecule has 80 valence electrons. The average molecular weight is 225 g/mol. The number of carbonyl (C=O) groups excluding carboxylic acids is 1. The van der Waals surface area contributed by atoms with E-state index in [1.165, 1.54) is 0 Å². The monoisotopic (exact) mass is 225 g/mol. The van der Waals surface area contributed by atoms with Gasteiger partial charge in [-0.1, -0.05) is 0 Å². The van der Waals surface area contributed by atoms with Gasteiger partial charge in [-0.05, 0) is 17.6 Å². The maximum Gasteiger partial charge on any atom is 0.219 e. The number of nitrogens with zero attached hydrogens (tertiary/aromatic N) is 4. The van der Waals surface area contributed by atoms with E-state index in [2.05, 4.69) is 20.0 Å². The number of aryl methyl sites for hydroxylation is 1. The van der Waals surface area contributed by atoms with Gasteiger partial charge >= 0.3 is 0 Å². The Bertz CT molecular complexity index is 382. The van der Waals surface area contributed by atoms with Gasteiger partial charge in [-0.25, -0.2) is 4.98 Å². The van der Waals surface area contributed by atoms with Crippen LogP contribution >= 0.6 is 11.8 Å². The molecule has 0 atom stereocenters. The first-order chi connectivity index (χ1) is 7.24. The normalized spacial score (nSPS) is 9.67. The quantitative estimate of drug-likeness (QED) is 0.360. The fourth-order valence-electron chi connectivity index (χ4n) is 0.961. The van der Waals surface area contributed by atoms with Crippen molar-refractivity contribution in [3.8, 4) is 0 Å². The Labute approximate surface area is 91.1 Å². The van der Waals surface area contributed by atoms with E-state index in [0.717, 1.165) is 17.1 Å². The van der Waals surface area contributed by atoms with Crippen molar-refractivity contribution in [3.63, 3.8) is 0 Å². The van der Waals surface area contributed by atoms with E-state index in [0.29, 0.717) is 5.75 Å². The number of thioether (sulfide) groups is 1.